The van der Waals surface area contributed by atoms with E-state index < -0.39 is 5.91 Å². The number of piperazine rings is 1. The molecule has 1 aliphatic rings. The van der Waals surface area contributed by atoms with E-state index in [-0.39, 0.29) is 0 Å². The van der Waals surface area contributed by atoms with E-state index in [0.29, 0.717) is 17.6 Å². The number of carbonyl (C=O) groups is 1. The molecule has 7 heteroatoms. The number of nitrogens with one attached hydrogen (secondary N) is 1. The van der Waals surface area contributed by atoms with Crippen molar-refractivity contribution >= 4 is 17.2 Å². The lowest BCUT2D eigenvalue weighted by atomic mass is 10.0. The van der Waals surface area contributed by atoms with Crippen LogP contribution in [-0.4, -0.2) is 45.7 Å². The molecule has 2 aromatic carbocycles. The third kappa shape index (κ3) is 3.61. The molecule has 0 spiro atoms. The number of benzene rings is 2. The molecule has 1 amide bonds. The van der Waals surface area contributed by atoms with Crippen LogP contribution < -0.4 is 16.0 Å². The van der Waals surface area contributed by atoms with Gasteiger partial charge in [-0.3, -0.25) is 4.79 Å². The Bertz CT molecular complexity index is 1270. The number of aromatic nitrogens is 3. The van der Waals surface area contributed by atoms with E-state index in [4.69, 9.17) is 5.73 Å². The number of primary amides is 1. The van der Waals surface area contributed by atoms with E-state index in [1.165, 1.54) is 5.69 Å². The summed E-state index contributed by atoms with van der Waals surface area (Å²) in [6.45, 7) is 6.50. The molecule has 3 heterocycles. The summed E-state index contributed by atoms with van der Waals surface area (Å²) < 4.78 is 1.77. The van der Waals surface area contributed by atoms with Crippen LogP contribution in [0.1, 0.15) is 24.2 Å². The second-order valence-electron chi connectivity index (χ2n) is 8.42. The lowest BCUT2D eigenvalue weighted by molar-refractivity contribution is 0.100. The average molecular weight is 427 g/mol. The summed E-state index contributed by atoms with van der Waals surface area (Å²) in [5.41, 5.74) is 11.7. The molecule has 0 unspecified atom stereocenters. The minimum absolute atomic E-state index is 0.452. The summed E-state index contributed by atoms with van der Waals surface area (Å²) in [4.78, 5) is 18.7. The van der Waals surface area contributed by atoms with E-state index in [0.717, 1.165) is 41.0 Å². The predicted molar refractivity (Wildman–Crippen MR) is 127 cm³/mol. The van der Waals surface area contributed by atoms with Gasteiger partial charge >= 0.3 is 0 Å². The molecule has 2 aromatic heterocycles. The van der Waals surface area contributed by atoms with Crippen LogP contribution in [0.25, 0.3) is 27.9 Å². The molecule has 7 nitrogen and oxygen atoms in total. The fourth-order valence-corrected chi connectivity index (χ4v) is 4.53. The molecule has 162 valence electrons. The first-order valence-corrected chi connectivity index (χ1v) is 10.8. The van der Waals surface area contributed by atoms with Gasteiger partial charge in [0.05, 0.1) is 6.20 Å². The van der Waals surface area contributed by atoms with Crippen molar-refractivity contribution in [1.29, 1.82) is 0 Å². The maximum Gasteiger partial charge on any atom is 0.248 e. The Labute approximate surface area is 186 Å². The van der Waals surface area contributed by atoms with Gasteiger partial charge in [-0.25, -0.2) is 9.50 Å². The van der Waals surface area contributed by atoms with Crippen molar-refractivity contribution in [2.24, 2.45) is 5.73 Å². The molecule has 0 saturated carbocycles. The van der Waals surface area contributed by atoms with E-state index in [9.17, 15) is 4.79 Å². The summed E-state index contributed by atoms with van der Waals surface area (Å²) in [6, 6.07) is 16.8. The van der Waals surface area contributed by atoms with E-state index in [1.54, 1.807) is 22.8 Å². The largest absolute Gasteiger partial charge is 0.366 e. The lowest BCUT2D eigenvalue weighted by Gasteiger charge is -2.41. The molecule has 0 aliphatic carbocycles. The maximum absolute atomic E-state index is 11.5. The van der Waals surface area contributed by atoms with Crippen molar-refractivity contribution in [3.63, 3.8) is 0 Å². The standard InChI is InChI=1S/C25H26N6O/c1-16-11-27-12-17(2)31(16)22-8-6-18(7-9-22)21-13-28-25-23(14-29-30(25)15-21)19-4-3-5-20(10-19)24(26)32/h3-10,13-17,27H,11-12H2,1-2H3,(H2,26,32)/t16-,17+. The highest BCUT2D eigenvalue weighted by Crippen LogP contribution is 2.28. The molecule has 32 heavy (non-hydrogen) atoms. The SMILES string of the molecule is C[C@@H]1CNC[C@H](C)N1c1ccc(-c2cnc3c(-c4cccc(C(N)=O)c4)cnn3c2)cc1. The lowest BCUT2D eigenvalue weighted by Crippen LogP contribution is -2.55. The van der Waals surface area contributed by atoms with Crippen molar-refractivity contribution in [2.75, 3.05) is 18.0 Å². The predicted octanol–water partition coefficient (Wildman–Crippen LogP) is 3.35. The Morgan fingerprint density at radius 2 is 1.75 bits per heavy atom. The number of carbonyl (C=O) groups excluding carboxylic acids is 1. The van der Waals surface area contributed by atoms with Gasteiger partial charge < -0.3 is 16.0 Å². The van der Waals surface area contributed by atoms with Gasteiger partial charge in [0.15, 0.2) is 5.65 Å². The number of hydrogen-bond donors (Lipinski definition) is 2. The van der Waals surface area contributed by atoms with Crippen LogP contribution in [0.5, 0.6) is 0 Å². The first kappa shape index (κ1) is 20.2. The summed E-state index contributed by atoms with van der Waals surface area (Å²) in [7, 11) is 0. The number of rotatable bonds is 4. The first-order valence-electron chi connectivity index (χ1n) is 10.8. The molecule has 5 rings (SSSR count). The highest BCUT2D eigenvalue weighted by Gasteiger charge is 2.24. The Kier molecular flexibility index (Phi) is 5.11. The molecular formula is C25H26N6O. The second-order valence-corrected chi connectivity index (χ2v) is 8.42. The topological polar surface area (TPSA) is 88.5 Å². The van der Waals surface area contributed by atoms with E-state index >= 15 is 0 Å². The molecule has 1 saturated heterocycles. The number of amides is 1. The van der Waals surface area contributed by atoms with Crippen LogP contribution >= 0.6 is 0 Å². The number of fused-ring (bicyclic) bond motifs is 1. The third-order valence-corrected chi connectivity index (χ3v) is 6.14. The summed E-state index contributed by atoms with van der Waals surface area (Å²) in [6.07, 6.45) is 5.61. The molecule has 4 aromatic rings. The quantitative estimate of drug-likeness (QED) is 0.522. The normalized spacial score (nSPS) is 18.8. The van der Waals surface area contributed by atoms with Gasteiger partial charge in [0, 0.05) is 59.9 Å². The van der Waals surface area contributed by atoms with Crippen LogP contribution in [0, 0.1) is 0 Å². The van der Waals surface area contributed by atoms with Gasteiger partial charge in [0.1, 0.15) is 0 Å². The van der Waals surface area contributed by atoms with Crippen LogP contribution in [0.4, 0.5) is 5.69 Å². The van der Waals surface area contributed by atoms with Crippen molar-refractivity contribution in [1.82, 2.24) is 19.9 Å². The number of nitrogens with zero attached hydrogens (tertiary/aromatic N) is 4. The van der Waals surface area contributed by atoms with Crippen molar-refractivity contribution in [3.8, 4) is 22.3 Å². The van der Waals surface area contributed by atoms with Crippen LogP contribution in [0.2, 0.25) is 0 Å². The highest BCUT2D eigenvalue weighted by atomic mass is 16.1. The Hall–Kier alpha value is -3.71. The summed E-state index contributed by atoms with van der Waals surface area (Å²) >= 11 is 0. The highest BCUT2D eigenvalue weighted by molar-refractivity contribution is 5.94. The fourth-order valence-electron chi connectivity index (χ4n) is 4.53. The number of anilines is 1. The van der Waals surface area contributed by atoms with Gasteiger partial charge in [-0.1, -0.05) is 24.3 Å². The molecule has 0 bridgehead atoms. The summed E-state index contributed by atoms with van der Waals surface area (Å²) in [5.74, 6) is -0.452. The zero-order valence-electron chi connectivity index (χ0n) is 18.2. The van der Waals surface area contributed by atoms with Crippen LogP contribution in [0.3, 0.4) is 0 Å². The summed E-state index contributed by atoms with van der Waals surface area (Å²) in [5, 5.41) is 7.97. The molecule has 2 atom stereocenters. The Morgan fingerprint density at radius 3 is 2.47 bits per heavy atom. The number of nitrogens with two attached hydrogens (primary N) is 1. The van der Waals surface area contributed by atoms with Crippen LogP contribution in [-0.2, 0) is 0 Å². The molecular weight excluding hydrogens is 400 g/mol. The third-order valence-electron chi connectivity index (χ3n) is 6.14. The minimum Gasteiger partial charge on any atom is -0.366 e. The Balaban J connectivity index is 1.45. The molecule has 1 fully saturated rings. The van der Waals surface area contributed by atoms with Gasteiger partial charge in [-0.05, 0) is 49.2 Å². The fraction of sp³-hybridized carbons (Fsp3) is 0.240. The minimum atomic E-state index is -0.452. The molecule has 0 radical (unpaired) electrons. The number of hydrogen-bond acceptors (Lipinski definition) is 5. The van der Waals surface area contributed by atoms with E-state index in [2.05, 4.69) is 58.4 Å². The van der Waals surface area contributed by atoms with E-state index in [1.807, 2.05) is 24.5 Å². The van der Waals surface area contributed by atoms with Crippen molar-refractivity contribution < 1.29 is 4.79 Å². The maximum atomic E-state index is 11.5. The van der Waals surface area contributed by atoms with Gasteiger partial charge in [-0.2, -0.15) is 5.10 Å². The zero-order chi connectivity index (χ0) is 22.2. The van der Waals surface area contributed by atoms with Crippen molar-refractivity contribution in [2.45, 2.75) is 25.9 Å². The average Bonchev–Trinajstić information content (AvgIpc) is 3.23. The van der Waals surface area contributed by atoms with Gasteiger partial charge in [0.25, 0.3) is 0 Å². The molecule has 3 N–H and O–H groups in total. The molecule has 1 aliphatic heterocycles. The van der Waals surface area contributed by atoms with Crippen molar-refractivity contribution in [3.05, 3.63) is 72.7 Å². The zero-order valence-corrected chi connectivity index (χ0v) is 18.2. The first-order chi connectivity index (χ1) is 15.5. The van der Waals surface area contributed by atoms with Gasteiger partial charge in [-0.15, -0.1) is 0 Å². The smallest absolute Gasteiger partial charge is 0.248 e. The second kappa shape index (κ2) is 8.09. The monoisotopic (exact) mass is 426 g/mol. The van der Waals surface area contributed by atoms with Gasteiger partial charge in [0.2, 0.25) is 5.91 Å². The van der Waals surface area contributed by atoms with Crippen LogP contribution in [0.15, 0.2) is 67.1 Å². The Morgan fingerprint density at radius 1 is 1.00 bits per heavy atom.